The molecule has 1 fully saturated rings. The first-order valence-electron chi connectivity index (χ1n) is 2.36. The zero-order chi connectivity index (χ0) is 7.02. The van der Waals surface area contributed by atoms with Crippen LogP contribution < -0.4 is 0 Å². The second-order valence-electron chi connectivity index (χ2n) is 1.76. The molecule has 1 aliphatic rings. The van der Waals surface area contributed by atoms with Gasteiger partial charge in [0.25, 0.3) is 11.8 Å². The van der Waals surface area contributed by atoms with Gasteiger partial charge in [0.1, 0.15) is 6.10 Å². The fourth-order valence-electron chi connectivity index (χ4n) is 0.603. The van der Waals surface area contributed by atoms with Crippen LogP contribution in [0.5, 0.6) is 0 Å². The van der Waals surface area contributed by atoms with E-state index in [1.54, 1.807) is 0 Å². The van der Waals surface area contributed by atoms with Crippen LogP contribution in [0.3, 0.4) is 0 Å². The molecule has 0 aliphatic carbocycles. The Kier molecular flexibility index (Phi) is 1.22. The second-order valence-corrected chi connectivity index (χ2v) is 1.76. The molecule has 1 heterocycles. The summed E-state index contributed by atoms with van der Waals surface area (Å²) in [6.07, 6.45) is -1.66. The predicted octanol–water partition coefficient (Wildman–Crippen LogP) is -1.50. The molecule has 5 heteroatoms. The molecule has 1 unspecified atom stereocenters. The minimum atomic E-state index is -1.34. The van der Waals surface area contributed by atoms with E-state index in [2.05, 4.69) is 0 Å². The number of imide groups is 1. The number of nitrogens with zero attached hydrogens (tertiary/aromatic N) is 1. The zero-order valence-electron chi connectivity index (χ0n) is 4.44. The van der Waals surface area contributed by atoms with Crippen LogP contribution in [0.4, 0.5) is 0 Å². The molecule has 2 N–H and O–H groups in total. The summed E-state index contributed by atoms with van der Waals surface area (Å²) in [4.78, 5) is 20.6. The molecule has 0 bridgehead atoms. The summed E-state index contributed by atoms with van der Waals surface area (Å²) < 4.78 is 0. The van der Waals surface area contributed by atoms with Crippen LogP contribution in [0, 0.1) is 0 Å². The lowest BCUT2D eigenvalue weighted by molar-refractivity contribution is -0.173. The summed E-state index contributed by atoms with van der Waals surface area (Å²) in [5.41, 5.74) is 0. The van der Waals surface area contributed by atoms with Crippen molar-refractivity contribution in [2.75, 3.05) is 0 Å². The summed E-state index contributed by atoms with van der Waals surface area (Å²) in [5.74, 6) is -1.70. The molecule has 0 radical (unpaired) electrons. The lowest BCUT2D eigenvalue weighted by Gasteiger charge is -2.00. The first kappa shape index (κ1) is 6.18. The summed E-state index contributed by atoms with van der Waals surface area (Å²) >= 11 is 0. The van der Waals surface area contributed by atoms with E-state index in [9.17, 15) is 9.59 Å². The van der Waals surface area contributed by atoms with Crippen LogP contribution in [0.25, 0.3) is 0 Å². The molecule has 9 heavy (non-hydrogen) atoms. The lowest BCUT2D eigenvalue weighted by Crippen LogP contribution is -2.28. The maximum Gasteiger partial charge on any atom is 0.282 e. The summed E-state index contributed by atoms with van der Waals surface area (Å²) in [6.45, 7) is 0. The first-order valence-corrected chi connectivity index (χ1v) is 2.36. The Morgan fingerprint density at radius 3 is 2.22 bits per heavy atom. The van der Waals surface area contributed by atoms with Gasteiger partial charge in [0, 0.05) is 0 Å². The molecule has 2 amide bonds. The fourth-order valence-corrected chi connectivity index (χ4v) is 0.603. The van der Waals surface area contributed by atoms with Crippen molar-refractivity contribution in [3.05, 3.63) is 0 Å². The first-order chi connectivity index (χ1) is 4.13. The van der Waals surface area contributed by atoms with E-state index in [0.29, 0.717) is 0 Å². The Morgan fingerprint density at radius 1 is 1.56 bits per heavy atom. The van der Waals surface area contributed by atoms with Gasteiger partial charge in [0.15, 0.2) is 0 Å². The normalized spacial score (nSPS) is 27.8. The van der Waals surface area contributed by atoms with Gasteiger partial charge in [-0.05, 0) is 0 Å². The average molecular weight is 131 g/mol. The highest BCUT2D eigenvalue weighted by Crippen LogP contribution is 2.08. The minimum Gasteiger partial charge on any atom is -0.383 e. The number of aliphatic hydroxyl groups excluding tert-OH is 1. The Bertz CT molecular complexity index is 166. The molecule has 0 saturated carbocycles. The largest absolute Gasteiger partial charge is 0.383 e. The molecule has 1 rings (SSSR count). The average Bonchev–Trinajstić information content (AvgIpc) is 1.98. The van der Waals surface area contributed by atoms with Crippen LogP contribution in [0.15, 0.2) is 0 Å². The molecule has 50 valence electrons. The van der Waals surface area contributed by atoms with Gasteiger partial charge in [-0.1, -0.05) is 0 Å². The van der Waals surface area contributed by atoms with Crippen LogP contribution in [0.1, 0.15) is 6.42 Å². The molecule has 0 aromatic rings. The number of rotatable bonds is 0. The third-order valence-electron chi connectivity index (χ3n) is 1.10. The quantitative estimate of drug-likeness (QED) is 0.309. The topological polar surface area (TPSA) is 77.8 Å². The van der Waals surface area contributed by atoms with Crippen molar-refractivity contribution in [2.24, 2.45) is 0 Å². The van der Waals surface area contributed by atoms with Crippen molar-refractivity contribution in [1.82, 2.24) is 5.06 Å². The highest BCUT2D eigenvalue weighted by Gasteiger charge is 2.36. The maximum absolute atomic E-state index is 10.3. The second kappa shape index (κ2) is 1.78. The monoisotopic (exact) mass is 131 g/mol. The van der Waals surface area contributed by atoms with Gasteiger partial charge < -0.3 is 5.11 Å². The SMILES string of the molecule is O=C1CC(O)C(=O)N1O. The van der Waals surface area contributed by atoms with Crippen molar-refractivity contribution in [1.29, 1.82) is 0 Å². The number of carbonyl (C=O) groups excluding carboxylic acids is 2. The number of amides is 2. The third kappa shape index (κ3) is 0.797. The third-order valence-corrected chi connectivity index (χ3v) is 1.10. The smallest absolute Gasteiger partial charge is 0.282 e. The molecule has 0 aromatic carbocycles. The number of aliphatic hydroxyl groups is 1. The summed E-state index contributed by atoms with van der Waals surface area (Å²) in [5, 5.41) is 16.9. The van der Waals surface area contributed by atoms with Crippen molar-refractivity contribution in [3.63, 3.8) is 0 Å². The van der Waals surface area contributed by atoms with E-state index in [1.807, 2.05) is 0 Å². The zero-order valence-corrected chi connectivity index (χ0v) is 4.44. The molecule has 1 atom stereocenters. The van der Waals surface area contributed by atoms with Gasteiger partial charge >= 0.3 is 0 Å². The number of hydroxylamine groups is 2. The van der Waals surface area contributed by atoms with Gasteiger partial charge in [-0.2, -0.15) is 5.06 Å². The van der Waals surface area contributed by atoms with Gasteiger partial charge in [0.05, 0.1) is 6.42 Å². The van der Waals surface area contributed by atoms with Crippen molar-refractivity contribution >= 4 is 11.8 Å². The summed E-state index contributed by atoms with van der Waals surface area (Å²) in [6, 6.07) is 0. The van der Waals surface area contributed by atoms with E-state index in [-0.39, 0.29) is 11.5 Å². The predicted molar refractivity (Wildman–Crippen MR) is 24.3 cm³/mol. The molecule has 1 aliphatic heterocycles. The van der Waals surface area contributed by atoms with E-state index >= 15 is 0 Å². The highest BCUT2D eigenvalue weighted by atomic mass is 16.5. The van der Waals surface area contributed by atoms with Crippen LogP contribution in [-0.2, 0) is 9.59 Å². The molecular weight excluding hydrogens is 126 g/mol. The van der Waals surface area contributed by atoms with Crippen LogP contribution in [0.2, 0.25) is 0 Å². The Labute approximate surface area is 50.5 Å². The van der Waals surface area contributed by atoms with Crippen LogP contribution in [-0.4, -0.2) is 33.3 Å². The van der Waals surface area contributed by atoms with Gasteiger partial charge in [0.2, 0.25) is 0 Å². The molecule has 0 aromatic heterocycles. The number of hydrogen-bond donors (Lipinski definition) is 2. The Morgan fingerprint density at radius 2 is 2.11 bits per heavy atom. The molecule has 5 nitrogen and oxygen atoms in total. The van der Waals surface area contributed by atoms with Gasteiger partial charge in [-0.25, -0.2) is 0 Å². The van der Waals surface area contributed by atoms with Crippen molar-refractivity contribution < 1.29 is 19.9 Å². The van der Waals surface area contributed by atoms with Gasteiger partial charge in [-0.3, -0.25) is 14.8 Å². The standard InChI is InChI=1S/C4H5NO4/c6-2-1-3(7)5(9)4(2)8/h2,6,9H,1H2. The van der Waals surface area contributed by atoms with E-state index in [1.165, 1.54) is 0 Å². The Hall–Kier alpha value is -0.940. The molecule has 1 saturated heterocycles. The molecule has 0 spiro atoms. The van der Waals surface area contributed by atoms with Crippen LogP contribution >= 0.6 is 0 Å². The molecular formula is C4H5NO4. The summed E-state index contributed by atoms with van der Waals surface area (Å²) in [7, 11) is 0. The van der Waals surface area contributed by atoms with Crippen molar-refractivity contribution in [3.8, 4) is 0 Å². The van der Waals surface area contributed by atoms with Gasteiger partial charge in [-0.15, -0.1) is 0 Å². The lowest BCUT2D eigenvalue weighted by atomic mass is 10.3. The van der Waals surface area contributed by atoms with E-state index < -0.39 is 17.9 Å². The number of hydrogen-bond acceptors (Lipinski definition) is 4. The number of carbonyl (C=O) groups is 2. The maximum atomic E-state index is 10.3. The highest BCUT2D eigenvalue weighted by molar-refractivity contribution is 6.03. The Balaban J connectivity index is 2.77. The van der Waals surface area contributed by atoms with E-state index in [0.717, 1.165) is 0 Å². The minimum absolute atomic E-state index is 0.0648. The fraction of sp³-hybridized carbons (Fsp3) is 0.500. The van der Waals surface area contributed by atoms with E-state index in [4.69, 9.17) is 10.3 Å². The van der Waals surface area contributed by atoms with Crippen molar-refractivity contribution in [2.45, 2.75) is 12.5 Å².